The number of nitriles is 1. The molecule has 3 N–H and O–H groups in total. The van der Waals surface area contributed by atoms with Gasteiger partial charge in [0, 0.05) is 24.5 Å². The Labute approximate surface area is 165 Å². The lowest BCUT2D eigenvalue weighted by Crippen LogP contribution is -2.24. The Bertz CT molecular complexity index is 1040. The minimum atomic E-state index is -3.75. The second kappa shape index (κ2) is 8.87. The van der Waals surface area contributed by atoms with E-state index in [1.54, 1.807) is 18.2 Å². The van der Waals surface area contributed by atoms with Crippen LogP contribution in [0, 0.1) is 25.2 Å². The summed E-state index contributed by atoms with van der Waals surface area (Å²) in [5.74, 6) is -0.488. The molecule has 0 bridgehead atoms. The van der Waals surface area contributed by atoms with E-state index >= 15 is 0 Å². The Morgan fingerprint density at radius 1 is 1.29 bits per heavy atom. The Morgan fingerprint density at radius 3 is 2.46 bits per heavy atom. The second-order valence-electron chi connectivity index (χ2n) is 6.52. The van der Waals surface area contributed by atoms with Crippen molar-refractivity contribution in [2.24, 2.45) is 5.14 Å². The van der Waals surface area contributed by atoms with E-state index in [1.807, 2.05) is 26.0 Å². The van der Waals surface area contributed by atoms with Gasteiger partial charge in [-0.1, -0.05) is 19.1 Å². The monoisotopic (exact) mass is 400 g/mol. The number of nitrogens with two attached hydrogens (primary N) is 1. The van der Waals surface area contributed by atoms with Crippen molar-refractivity contribution in [2.75, 3.05) is 0 Å². The largest absolute Gasteiger partial charge is 0.349 e. The number of aryl methyl sites for hydroxylation is 1. The van der Waals surface area contributed by atoms with Gasteiger partial charge < -0.3 is 9.88 Å². The van der Waals surface area contributed by atoms with Crippen molar-refractivity contribution in [3.05, 3.63) is 58.4 Å². The van der Waals surface area contributed by atoms with E-state index in [0.29, 0.717) is 5.56 Å². The first-order chi connectivity index (χ1) is 13.2. The van der Waals surface area contributed by atoms with E-state index in [1.165, 1.54) is 12.1 Å². The van der Waals surface area contributed by atoms with Crippen LogP contribution in [-0.4, -0.2) is 18.9 Å². The minimum absolute atomic E-state index is 0.00243. The predicted octanol–water partition coefficient (Wildman–Crippen LogP) is 2.39. The van der Waals surface area contributed by atoms with Gasteiger partial charge in [0.2, 0.25) is 10.0 Å². The van der Waals surface area contributed by atoms with Gasteiger partial charge in [0.15, 0.2) is 0 Å². The van der Waals surface area contributed by atoms with Gasteiger partial charge >= 0.3 is 0 Å². The van der Waals surface area contributed by atoms with Crippen molar-refractivity contribution in [1.29, 1.82) is 5.26 Å². The van der Waals surface area contributed by atoms with Crippen molar-refractivity contribution >= 4 is 22.0 Å². The van der Waals surface area contributed by atoms with Gasteiger partial charge in [-0.2, -0.15) is 5.26 Å². The highest BCUT2D eigenvalue weighted by Gasteiger charge is 2.13. The SMILES string of the molecule is CCCn1c(C)cc(C=C(C#N)C(=O)NCc2ccc(S(N)(=O)=O)cc2)c1C. The van der Waals surface area contributed by atoms with Crippen LogP contribution in [0.5, 0.6) is 0 Å². The maximum atomic E-state index is 12.4. The maximum absolute atomic E-state index is 12.4. The molecule has 0 fully saturated rings. The molecule has 0 aliphatic rings. The number of nitrogens with one attached hydrogen (secondary N) is 1. The lowest BCUT2D eigenvalue weighted by atomic mass is 10.1. The normalized spacial score (nSPS) is 11.9. The van der Waals surface area contributed by atoms with Crippen LogP contribution in [-0.2, 0) is 27.9 Å². The molecule has 1 amide bonds. The van der Waals surface area contributed by atoms with E-state index in [9.17, 15) is 18.5 Å². The number of primary sulfonamides is 1. The molecule has 1 aromatic heterocycles. The molecule has 2 aromatic rings. The lowest BCUT2D eigenvalue weighted by molar-refractivity contribution is -0.117. The Morgan fingerprint density at radius 2 is 1.93 bits per heavy atom. The van der Waals surface area contributed by atoms with Crippen LogP contribution in [0.1, 0.15) is 35.9 Å². The summed E-state index contributed by atoms with van der Waals surface area (Å²) in [7, 11) is -3.75. The number of aromatic nitrogens is 1. The molecule has 28 heavy (non-hydrogen) atoms. The predicted molar refractivity (Wildman–Crippen MR) is 107 cm³/mol. The summed E-state index contributed by atoms with van der Waals surface area (Å²) in [6.07, 6.45) is 2.59. The van der Waals surface area contributed by atoms with Crippen LogP contribution in [0.2, 0.25) is 0 Å². The van der Waals surface area contributed by atoms with Crippen LogP contribution in [0.25, 0.3) is 6.08 Å². The summed E-state index contributed by atoms with van der Waals surface area (Å²) in [6, 6.07) is 9.79. The number of amides is 1. The fourth-order valence-corrected chi connectivity index (χ4v) is 3.44. The molecule has 0 saturated heterocycles. The molecular formula is C20H24N4O3S. The summed E-state index contributed by atoms with van der Waals surface area (Å²) in [5, 5.41) is 17.1. The highest BCUT2D eigenvalue weighted by molar-refractivity contribution is 7.89. The van der Waals surface area contributed by atoms with Crippen molar-refractivity contribution in [2.45, 2.75) is 45.2 Å². The molecule has 0 saturated carbocycles. The maximum Gasteiger partial charge on any atom is 0.262 e. The van der Waals surface area contributed by atoms with Gasteiger partial charge in [0.25, 0.3) is 5.91 Å². The number of rotatable bonds is 7. The van der Waals surface area contributed by atoms with Gasteiger partial charge in [0.05, 0.1) is 4.90 Å². The molecule has 1 heterocycles. The number of benzene rings is 1. The Balaban J connectivity index is 2.13. The van der Waals surface area contributed by atoms with E-state index in [4.69, 9.17) is 5.14 Å². The van der Waals surface area contributed by atoms with E-state index in [-0.39, 0.29) is 17.0 Å². The Kier molecular flexibility index (Phi) is 6.78. The highest BCUT2D eigenvalue weighted by Crippen LogP contribution is 2.19. The van der Waals surface area contributed by atoms with Crippen LogP contribution >= 0.6 is 0 Å². The zero-order chi connectivity index (χ0) is 20.9. The van der Waals surface area contributed by atoms with Crippen molar-refractivity contribution in [3.63, 3.8) is 0 Å². The number of carbonyl (C=O) groups is 1. The number of carbonyl (C=O) groups excluding carboxylic acids is 1. The molecule has 7 nitrogen and oxygen atoms in total. The topological polar surface area (TPSA) is 118 Å². The first kappa shape index (κ1) is 21.4. The first-order valence-electron chi connectivity index (χ1n) is 8.85. The van der Waals surface area contributed by atoms with Crippen molar-refractivity contribution in [1.82, 2.24) is 9.88 Å². The van der Waals surface area contributed by atoms with E-state index in [2.05, 4.69) is 16.8 Å². The molecule has 0 aliphatic carbocycles. The average molecular weight is 401 g/mol. The number of hydrogen-bond donors (Lipinski definition) is 2. The molecule has 0 unspecified atom stereocenters. The molecule has 1 aromatic carbocycles. The summed E-state index contributed by atoms with van der Waals surface area (Å²) < 4.78 is 24.7. The summed E-state index contributed by atoms with van der Waals surface area (Å²) >= 11 is 0. The summed E-state index contributed by atoms with van der Waals surface area (Å²) in [5.41, 5.74) is 3.64. The number of hydrogen-bond acceptors (Lipinski definition) is 4. The standard InChI is InChI=1S/C20H24N4O3S/c1-4-9-24-14(2)10-17(15(24)3)11-18(12-21)20(25)23-13-16-5-7-19(8-6-16)28(22,26)27/h5-8,10-11H,4,9,13H2,1-3H3,(H,23,25)(H2,22,26,27). The van der Waals surface area contributed by atoms with Crippen LogP contribution in [0.4, 0.5) is 0 Å². The molecule has 0 radical (unpaired) electrons. The van der Waals surface area contributed by atoms with Gasteiger partial charge in [-0.3, -0.25) is 4.79 Å². The lowest BCUT2D eigenvalue weighted by Gasteiger charge is -2.07. The molecule has 0 aliphatic heterocycles. The van der Waals surface area contributed by atoms with Gasteiger partial charge in [0.1, 0.15) is 11.6 Å². The third-order valence-electron chi connectivity index (χ3n) is 4.43. The van der Waals surface area contributed by atoms with Crippen molar-refractivity contribution in [3.8, 4) is 6.07 Å². The quantitative estimate of drug-likeness (QED) is 0.548. The molecule has 0 spiro atoms. The minimum Gasteiger partial charge on any atom is -0.349 e. The fraction of sp³-hybridized carbons (Fsp3) is 0.300. The number of nitrogens with zero attached hydrogens (tertiary/aromatic N) is 2. The van der Waals surface area contributed by atoms with E-state index < -0.39 is 15.9 Å². The number of sulfonamides is 1. The average Bonchev–Trinajstić information content (AvgIpc) is 2.91. The third kappa shape index (κ3) is 5.09. The zero-order valence-corrected chi connectivity index (χ0v) is 17.0. The highest BCUT2D eigenvalue weighted by atomic mass is 32.2. The van der Waals surface area contributed by atoms with E-state index in [0.717, 1.165) is 29.9 Å². The molecule has 0 atom stereocenters. The van der Waals surface area contributed by atoms with Gasteiger partial charge in [-0.05, 0) is 55.7 Å². The molecule has 8 heteroatoms. The Hall–Kier alpha value is -2.89. The van der Waals surface area contributed by atoms with Crippen LogP contribution < -0.4 is 10.5 Å². The summed E-state index contributed by atoms with van der Waals surface area (Å²) in [6.45, 7) is 7.11. The van der Waals surface area contributed by atoms with Crippen LogP contribution in [0.3, 0.4) is 0 Å². The smallest absolute Gasteiger partial charge is 0.262 e. The fourth-order valence-electron chi connectivity index (χ4n) is 2.92. The molecule has 148 valence electrons. The van der Waals surface area contributed by atoms with Crippen molar-refractivity contribution < 1.29 is 13.2 Å². The van der Waals surface area contributed by atoms with Crippen LogP contribution in [0.15, 0.2) is 40.8 Å². The second-order valence-corrected chi connectivity index (χ2v) is 8.08. The zero-order valence-electron chi connectivity index (χ0n) is 16.2. The molecule has 2 rings (SSSR count). The van der Waals surface area contributed by atoms with Gasteiger partial charge in [-0.25, -0.2) is 13.6 Å². The molecular weight excluding hydrogens is 376 g/mol. The van der Waals surface area contributed by atoms with Gasteiger partial charge in [-0.15, -0.1) is 0 Å². The third-order valence-corrected chi connectivity index (χ3v) is 5.36. The first-order valence-corrected chi connectivity index (χ1v) is 10.4. The summed E-state index contributed by atoms with van der Waals surface area (Å²) in [4.78, 5) is 12.4.